The van der Waals surface area contributed by atoms with E-state index in [9.17, 15) is 0 Å². The molecule has 0 aromatic carbocycles. The lowest BCUT2D eigenvalue weighted by molar-refractivity contribution is -0.130. The van der Waals surface area contributed by atoms with Crippen molar-refractivity contribution < 1.29 is 22.8 Å². The summed E-state index contributed by atoms with van der Waals surface area (Å²) in [7, 11) is -2.41. The second-order valence-corrected chi connectivity index (χ2v) is 6.23. The number of hydrogen-bond donors (Lipinski definition) is 1. The molecule has 6 nitrogen and oxygen atoms in total. The Morgan fingerprint density at radius 2 is 1.83 bits per heavy atom. The van der Waals surface area contributed by atoms with Gasteiger partial charge in [-0.2, -0.15) is 0 Å². The zero-order valence-corrected chi connectivity index (χ0v) is 12.4. The van der Waals surface area contributed by atoms with Gasteiger partial charge in [-0.3, -0.25) is 0 Å². The number of hydrogen-bond acceptors (Lipinski definition) is 6. The molecule has 0 amide bonds. The van der Waals surface area contributed by atoms with Crippen molar-refractivity contribution in [3.8, 4) is 0 Å². The summed E-state index contributed by atoms with van der Waals surface area (Å²) in [6.45, 7) is 7.88. The zero-order valence-electron chi connectivity index (χ0n) is 11.4. The number of nitrogens with one attached hydrogen (secondary N) is 1. The van der Waals surface area contributed by atoms with Crippen molar-refractivity contribution in [1.82, 2.24) is 0 Å². The van der Waals surface area contributed by atoms with E-state index >= 15 is 0 Å². The third-order valence-electron chi connectivity index (χ3n) is 2.31. The van der Waals surface area contributed by atoms with Crippen molar-refractivity contribution in [3.63, 3.8) is 0 Å². The number of ether oxygens (including phenoxy) is 1. The van der Waals surface area contributed by atoms with Crippen molar-refractivity contribution in [2.75, 3.05) is 19.8 Å². The number of carbonyl (C=O) groups excluding carboxylic acids is 1. The van der Waals surface area contributed by atoms with Gasteiger partial charge in [0.05, 0.1) is 0 Å². The minimum absolute atomic E-state index is 0.131. The standard InChI is InChI=1S/C10H22O4Si.CHNO/c1-4-11-10-8-7-9-15(14-10,12-5-2)13-6-3;2-1-3/h10H,4-9H2,1-3H3;2H. The van der Waals surface area contributed by atoms with Gasteiger partial charge in [-0.05, 0) is 33.6 Å². The van der Waals surface area contributed by atoms with Crippen LogP contribution in [0.2, 0.25) is 6.04 Å². The Labute approximate surface area is 109 Å². The second-order valence-electron chi connectivity index (χ2n) is 3.55. The molecule has 1 fully saturated rings. The smallest absolute Gasteiger partial charge is 0.374 e. The van der Waals surface area contributed by atoms with E-state index in [-0.39, 0.29) is 6.29 Å². The Morgan fingerprint density at radius 1 is 1.28 bits per heavy atom. The summed E-state index contributed by atoms with van der Waals surface area (Å²) in [6.07, 6.45) is 2.63. The molecule has 1 atom stereocenters. The molecule has 1 aliphatic heterocycles. The lowest BCUT2D eigenvalue weighted by Gasteiger charge is -2.36. The van der Waals surface area contributed by atoms with Gasteiger partial charge in [0, 0.05) is 25.9 Å². The maximum Gasteiger partial charge on any atom is 0.502 e. The first-order valence-corrected chi connectivity index (χ1v) is 8.22. The highest BCUT2D eigenvalue weighted by Crippen LogP contribution is 2.28. The molecule has 0 aromatic heterocycles. The maximum absolute atomic E-state index is 8.35. The van der Waals surface area contributed by atoms with Crippen LogP contribution in [0.4, 0.5) is 0 Å². The van der Waals surface area contributed by atoms with Gasteiger partial charge >= 0.3 is 8.80 Å². The van der Waals surface area contributed by atoms with Gasteiger partial charge in [0.15, 0.2) is 6.29 Å². The fourth-order valence-corrected chi connectivity index (χ4v) is 4.53. The first-order chi connectivity index (χ1) is 8.67. The molecule has 1 heterocycles. The Morgan fingerprint density at radius 3 is 2.28 bits per heavy atom. The Kier molecular flexibility index (Phi) is 10.0. The van der Waals surface area contributed by atoms with Gasteiger partial charge in [-0.15, -0.1) is 0 Å². The number of rotatable bonds is 6. The Balaban J connectivity index is 0.000000873. The first-order valence-electron chi connectivity index (χ1n) is 6.29. The van der Waals surface area contributed by atoms with Gasteiger partial charge in [0.25, 0.3) is 0 Å². The van der Waals surface area contributed by atoms with E-state index in [1.165, 1.54) is 0 Å². The quantitative estimate of drug-likeness (QED) is 0.457. The van der Waals surface area contributed by atoms with Crippen LogP contribution in [0.5, 0.6) is 0 Å². The fourth-order valence-electron chi connectivity index (χ4n) is 1.80. The van der Waals surface area contributed by atoms with E-state index in [2.05, 4.69) is 0 Å². The molecule has 0 aromatic rings. The van der Waals surface area contributed by atoms with Gasteiger partial charge in [0.1, 0.15) is 0 Å². The second kappa shape index (κ2) is 10.4. The van der Waals surface area contributed by atoms with Gasteiger partial charge in [-0.1, -0.05) is 0 Å². The molecular weight excluding hydrogens is 254 g/mol. The summed E-state index contributed by atoms with van der Waals surface area (Å²) in [5.74, 6) is 0. The van der Waals surface area contributed by atoms with E-state index < -0.39 is 8.80 Å². The van der Waals surface area contributed by atoms with E-state index in [1.54, 1.807) is 0 Å². The molecule has 1 aliphatic rings. The van der Waals surface area contributed by atoms with Crippen molar-refractivity contribution in [3.05, 3.63) is 0 Å². The molecule has 1 N–H and O–H groups in total. The summed E-state index contributed by atoms with van der Waals surface area (Å²) < 4.78 is 22.8. The fraction of sp³-hybridized carbons (Fsp3) is 0.909. The Bertz CT molecular complexity index is 232. The summed E-state index contributed by atoms with van der Waals surface area (Å²) in [6, 6.07) is 0.915. The van der Waals surface area contributed by atoms with Gasteiger partial charge < -0.3 is 18.0 Å². The summed E-state index contributed by atoms with van der Waals surface area (Å²) in [5.41, 5.74) is 0. The normalized spacial score (nSPS) is 21.6. The molecule has 0 saturated carbocycles. The third-order valence-corrected chi connectivity index (χ3v) is 5.36. The van der Waals surface area contributed by atoms with Crippen LogP contribution in [0.25, 0.3) is 0 Å². The van der Waals surface area contributed by atoms with E-state index in [0.29, 0.717) is 19.8 Å². The topological polar surface area (TPSA) is 77.8 Å². The molecule has 18 heavy (non-hydrogen) atoms. The van der Waals surface area contributed by atoms with Crippen LogP contribution in [0.1, 0.15) is 33.6 Å². The van der Waals surface area contributed by atoms with Crippen molar-refractivity contribution >= 4 is 14.9 Å². The highest BCUT2D eigenvalue weighted by molar-refractivity contribution is 6.60. The predicted molar refractivity (Wildman–Crippen MR) is 68.0 cm³/mol. The maximum atomic E-state index is 8.35. The van der Waals surface area contributed by atoms with Crippen LogP contribution in [0, 0.1) is 5.41 Å². The third kappa shape index (κ3) is 6.39. The lowest BCUT2D eigenvalue weighted by Crippen LogP contribution is -2.51. The molecule has 0 spiro atoms. The monoisotopic (exact) mass is 277 g/mol. The molecular formula is C11H23NO5Si. The minimum Gasteiger partial charge on any atom is -0.374 e. The van der Waals surface area contributed by atoms with Crippen LogP contribution < -0.4 is 0 Å². The molecule has 0 radical (unpaired) electrons. The minimum atomic E-state index is -2.41. The van der Waals surface area contributed by atoms with Crippen LogP contribution in [-0.2, 0) is 22.8 Å². The first kappa shape index (κ1) is 17.4. The molecule has 1 unspecified atom stereocenters. The van der Waals surface area contributed by atoms with Crippen molar-refractivity contribution in [1.29, 1.82) is 5.41 Å². The average molecular weight is 277 g/mol. The lowest BCUT2D eigenvalue weighted by atomic mass is 10.3. The Hall–Kier alpha value is -0.563. The molecule has 0 bridgehead atoms. The van der Waals surface area contributed by atoms with Crippen molar-refractivity contribution in [2.45, 2.75) is 45.9 Å². The average Bonchev–Trinajstić information content (AvgIpc) is 2.31. The van der Waals surface area contributed by atoms with E-state index in [1.807, 2.05) is 20.8 Å². The molecule has 1 rings (SSSR count). The van der Waals surface area contributed by atoms with Crippen LogP contribution in [-0.4, -0.2) is 41.0 Å². The highest BCUT2D eigenvalue weighted by Gasteiger charge is 2.45. The van der Waals surface area contributed by atoms with Crippen LogP contribution in [0.15, 0.2) is 0 Å². The van der Waals surface area contributed by atoms with E-state index in [0.717, 1.165) is 25.0 Å². The predicted octanol–water partition coefficient (Wildman–Crippen LogP) is 2.07. The molecule has 0 aliphatic carbocycles. The highest BCUT2D eigenvalue weighted by atomic mass is 28.4. The zero-order chi connectivity index (χ0) is 13.9. The summed E-state index contributed by atoms with van der Waals surface area (Å²) >= 11 is 0. The van der Waals surface area contributed by atoms with Crippen LogP contribution >= 0.6 is 0 Å². The van der Waals surface area contributed by atoms with E-state index in [4.69, 9.17) is 28.2 Å². The summed E-state index contributed by atoms with van der Waals surface area (Å²) in [4.78, 5) is 8.35. The SMILES string of the molecule is CCOC1CCC[Si](OCC)(OCC)O1.N=C=O. The largest absolute Gasteiger partial charge is 0.502 e. The van der Waals surface area contributed by atoms with Gasteiger partial charge in [-0.25, -0.2) is 10.2 Å². The molecule has 106 valence electrons. The molecule has 7 heteroatoms. The summed E-state index contributed by atoms with van der Waals surface area (Å²) in [5, 5.41) is 5.40. The number of isocyanates is 1. The molecule has 1 saturated heterocycles. The van der Waals surface area contributed by atoms with Crippen molar-refractivity contribution in [2.24, 2.45) is 0 Å². The van der Waals surface area contributed by atoms with Crippen LogP contribution in [0.3, 0.4) is 0 Å². The van der Waals surface area contributed by atoms with Gasteiger partial charge in [0.2, 0.25) is 6.08 Å².